The normalized spacial score (nSPS) is 13.8. The second-order valence-corrected chi connectivity index (χ2v) is 4.72. The van der Waals surface area contributed by atoms with E-state index >= 15 is 0 Å². The Kier molecular flexibility index (Phi) is 3.93. The Hall–Kier alpha value is -2.83. The maximum Gasteiger partial charge on any atom is 0.337 e. The van der Waals surface area contributed by atoms with Gasteiger partial charge in [-0.15, -0.1) is 0 Å². The lowest BCUT2D eigenvalue weighted by Crippen LogP contribution is -2.28. The van der Waals surface area contributed by atoms with Gasteiger partial charge in [-0.3, -0.25) is 20.5 Å². The molecule has 21 heavy (non-hydrogen) atoms. The van der Waals surface area contributed by atoms with Gasteiger partial charge in [0.25, 0.3) is 5.69 Å². The molecule has 0 saturated heterocycles. The number of nitro benzene ring substituents is 1. The highest BCUT2D eigenvalue weighted by molar-refractivity contribution is 5.90. The summed E-state index contributed by atoms with van der Waals surface area (Å²) >= 11 is 0. The minimum Gasteiger partial charge on any atom is -0.478 e. The predicted molar refractivity (Wildman–Crippen MR) is 77.8 cm³/mol. The molecule has 0 amide bonds. The standard InChI is InChI=1S/C14H15N3O4/c1-9-5-6-12(10(2)13(9)17(20)21)15-16-7-3-4-11(8-16)14(18)19/h3-6,8,15H,7H2,1-2H3,(H,18,19). The second-order valence-electron chi connectivity index (χ2n) is 4.72. The van der Waals surface area contributed by atoms with Gasteiger partial charge in [-0.1, -0.05) is 12.1 Å². The fraction of sp³-hybridized carbons (Fsp3) is 0.214. The molecule has 7 nitrogen and oxygen atoms in total. The van der Waals surface area contributed by atoms with Gasteiger partial charge in [-0.25, -0.2) is 4.79 Å². The molecule has 1 heterocycles. The average Bonchev–Trinajstić information content (AvgIpc) is 2.42. The fourth-order valence-corrected chi connectivity index (χ4v) is 2.15. The van der Waals surface area contributed by atoms with Crippen LogP contribution in [0.3, 0.4) is 0 Å². The third-order valence-electron chi connectivity index (χ3n) is 3.22. The lowest BCUT2D eigenvalue weighted by molar-refractivity contribution is -0.386. The van der Waals surface area contributed by atoms with Crippen LogP contribution in [0.5, 0.6) is 0 Å². The van der Waals surface area contributed by atoms with Crippen molar-refractivity contribution in [1.29, 1.82) is 0 Å². The van der Waals surface area contributed by atoms with E-state index in [1.165, 1.54) is 12.3 Å². The summed E-state index contributed by atoms with van der Waals surface area (Å²) in [7, 11) is 0. The second kappa shape index (κ2) is 5.66. The van der Waals surface area contributed by atoms with E-state index in [0.717, 1.165) is 0 Å². The minimum absolute atomic E-state index is 0.0648. The number of aliphatic carboxylic acids is 1. The Morgan fingerprint density at radius 3 is 2.76 bits per heavy atom. The van der Waals surface area contributed by atoms with Crippen molar-refractivity contribution in [2.45, 2.75) is 13.8 Å². The van der Waals surface area contributed by atoms with Crippen LogP contribution in [-0.4, -0.2) is 27.6 Å². The number of carboxylic acids is 1. The van der Waals surface area contributed by atoms with E-state index < -0.39 is 10.9 Å². The number of nitrogens with zero attached hydrogens (tertiary/aromatic N) is 2. The van der Waals surface area contributed by atoms with Crippen molar-refractivity contribution in [3.8, 4) is 0 Å². The maximum absolute atomic E-state index is 11.1. The SMILES string of the molecule is Cc1ccc(NN2C=C(C(=O)O)C=CC2)c(C)c1[N+](=O)[O-]. The molecule has 0 unspecified atom stereocenters. The van der Waals surface area contributed by atoms with Crippen LogP contribution in [-0.2, 0) is 4.79 Å². The van der Waals surface area contributed by atoms with Crippen LogP contribution in [0.15, 0.2) is 36.1 Å². The molecule has 0 spiro atoms. The molecule has 0 fully saturated rings. The molecule has 1 aliphatic heterocycles. The lowest BCUT2D eigenvalue weighted by atomic mass is 10.1. The van der Waals surface area contributed by atoms with Gasteiger partial charge in [0, 0.05) is 11.8 Å². The quantitative estimate of drug-likeness (QED) is 0.652. The third-order valence-corrected chi connectivity index (χ3v) is 3.22. The molecule has 0 bridgehead atoms. The zero-order valence-corrected chi connectivity index (χ0v) is 11.7. The number of anilines is 1. The van der Waals surface area contributed by atoms with Crippen molar-refractivity contribution in [3.63, 3.8) is 0 Å². The highest BCUT2D eigenvalue weighted by atomic mass is 16.6. The van der Waals surface area contributed by atoms with Gasteiger partial charge in [0.05, 0.1) is 28.3 Å². The van der Waals surface area contributed by atoms with Crippen molar-refractivity contribution < 1.29 is 14.8 Å². The molecule has 1 aromatic rings. The Labute approximate surface area is 121 Å². The number of aryl methyl sites for hydroxylation is 1. The van der Waals surface area contributed by atoms with E-state index in [9.17, 15) is 14.9 Å². The average molecular weight is 289 g/mol. The Morgan fingerprint density at radius 1 is 1.43 bits per heavy atom. The van der Waals surface area contributed by atoms with Crippen molar-refractivity contribution in [2.75, 3.05) is 12.0 Å². The van der Waals surface area contributed by atoms with Gasteiger partial charge in [0.2, 0.25) is 0 Å². The Bertz CT molecular complexity index is 664. The van der Waals surface area contributed by atoms with Crippen molar-refractivity contribution in [3.05, 3.63) is 57.3 Å². The van der Waals surface area contributed by atoms with Gasteiger partial charge in [-0.2, -0.15) is 0 Å². The number of rotatable bonds is 4. The van der Waals surface area contributed by atoms with E-state index in [-0.39, 0.29) is 11.3 Å². The van der Waals surface area contributed by atoms with Gasteiger partial charge >= 0.3 is 5.97 Å². The summed E-state index contributed by atoms with van der Waals surface area (Å²) in [6, 6.07) is 3.40. The van der Waals surface area contributed by atoms with Crippen molar-refractivity contribution in [2.24, 2.45) is 0 Å². The van der Waals surface area contributed by atoms with E-state index in [0.29, 0.717) is 23.4 Å². The van der Waals surface area contributed by atoms with Crippen LogP contribution in [0, 0.1) is 24.0 Å². The fourth-order valence-electron chi connectivity index (χ4n) is 2.15. The number of hydrazine groups is 1. The third kappa shape index (κ3) is 3.02. The summed E-state index contributed by atoms with van der Waals surface area (Å²) in [6.45, 7) is 3.81. The number of benzene rings is 1. The topological polar surface area (TPSA) is 95.7 Å². The minimum atomic E-state index is -1.02. The number of hydrogen-bond donors (Lipinski definition) is 2. The molecule has 2 N–H and O–H groups in total. The van der Waals surface area contributed by atoms with Gasteiger partial charge in [-0.05, 0) is 26.0 Å². The van der Waals surface area contributed by atoms with Crippen LogP contribution in [0.2, 0.25) is 0 Å². The summed E-state index contributed by atoms with van der Waals surface area (Å²) in [4.78, 5) is 21.6. The highest BCUT2D eigenvalue weighted by Gasteiger charge is 2.19. The zero-order chi connectivity index (χ0) is 15.6. The number of nitrogens with one attached hydrogen (secondary N) is 1. The number of carboxylic acid groups (broad SMARTS) is 1. The lowest BCUT2D eigenvalue weighted by Gasteiger charge is -2.25. The maximum atomic E-state index is 11.1. The molecule has 2 rings (SSSR count). The molecular weight excluding hydrogens is 274 g/mol. The Morgan fingerprint density at radius 2 is 2.14 bits per heavy atom. The van der Waals surface area contributed by atoms with Crippen LogP contribution >= 0.6 is 0 Å². The molecule has 1 aliphatic rings. The van der Waals surface area contributed by atoms with Crippen LogP contribution in [0.25, 0.3) is 0 Å². The summed E-state index contributed by atoms with van der Waals surface area (Å²) in [5, 5.41) is 21.6. The van der Waals surface area contributed by atoms with Crippen molar-refractivity contribution in [1.82, 2.24) is 5.01 Å². The largest absolute Gasteiger partial charge is 0.478 e. The first-order chi connectivity index (χ1) is 9.90. The first kappa shape index (κ1) is 14.6. The van der Waals surface area contributed by atoms with Crippen LogP contribution in [0.4, 0.5) is 11.4 Å². The van der Waals surface area contributed by atoms with Gasteiger partial charge in [0.15, 0.2) is 0 Å². The van der Waals surface area contributed by atoms with E-state index in [4.69, 9.17) is 5.11 Å². The zero-order valence-electron chi connectivity index (χ0n) is 11.7. The number of nitro groups is 1. The summed E-state index contributed by atoms with van der Waals surface area (Å²) in [6.07, 6.45) is 4.67. The van der Waals surface area contributed by atoms with E-state index in [1.54, 1.807) is 37.1 Å². The number of carbonyl (C=O) groups is 1. The van der Waals surface area contributed by atoms with Crippen LogP contribution in [0.1, 0.15) is 11.1 Å². The predicted octanol–water partition coefficient (Wildman–Crippen LogP) is 2.38. The highest BCUT2D eigenvalue weighted by Crippen LogP contribution is 2.29. The first-order valence-corrected chi connectivity index (χ1v) is 6.29. The van der Waals surface area contributed by atoms with E-state index in [2.05, 4.69) is 5.43 Å². The molecule has 7 heteroatoms. The molecule has 1 aromatic carbocycles. The first-order valence-electron chi connectivity index (χ1n) is 6.29. The van der Waals surface area contributed by atoms with Gasteiger partial charge in [0.1, 0.15) is 0 Å². The smallest absolute Gasteiger partial charge is 0.337 e. The molecular formula is C14H15N3O4. The van der Waals surface area contributed by atoms with Crippen LogP contribution < -0.4 is 5.43 Å². The summed E-state index contributed by atoms with van der Waals surface area (Å²) in [5.74, 6) is -1.02. The van der Waals surface area contributed by atoms with E-state index in [1.807, 2.05) is 0 Å². The molecule has 110 valence electrons. The molecule has 0 aromatic heterocycles. The molecule has 0 radical (unpaired) electrons. The molecule has 0 saturated carbocycles. The number of hydrogen-bond acceptors (Lipinski definition) is 5. The Balaban J connectivity index is 2.29. The summed E-state index contributed by atoms with van der Waals surface area (Å²) in [5.41, 5.74) is 4.88. The van der Waals surface area contributed by atoms with Gasteiger partial charge < -0.3 is 5.11 Å². The molecule has 0 atom stereocenters. The monoisotopic (exact) mass is 289 g/mol. The summed E-state index contributed by atoms with van der Waals surface area (Å²) < 4.78 is 0. The molecule has 0 aliphatic carbocycles. The van der Waals surface area contributed by atoms with Crippen molar-refractivity contribution >= 4 is 17.3 Å².